The number of aromatic amines is 1. The van der Waals surface area contributed by atoms with Crippen LogP contribution in [0.4, 0.5) is 10.5 Å². The van der Waals surface area contributed by atoms with Crippen molar-refractivity contribution < 1.29 is 23.9 Å². The van der Waals surface area contributed by atoms with Crippen LogP contribution in [-0.4, -0.2) is 80.9 Å². The predicted molar refractivity (Wildman–Crippen MR) is 138 cm³/mol. The van der Waals surface area contributed by atoms with Crippen LogP contribution in [0, 0.1) is 0 Å². The first-order valence-electron chi connectivity index (χ1n) is 11.4. The molecule has 3 N–H and O–H groups in total. The van der Waals surface area contributed by atoms with Gasteiger partial charge in [0.15, 0.2) is 5.76 Å². The van der Waals surface area contributed by atoms with Gasteiger partial charge in [0.1, 0.15) is 17.2 Å². The van der Waals surface area contributed by atoms with Crippen LogP contribution in [0.2, 0.25) is 0 Å². The van der Waals surface area contributed by atoms with E-state index in [4.69, 9.17) is 9.47 Å². The van der Waals surface area contributed by atoms with E-state index in [1.165, 1.54) is 7.05 Å². The van der Waals surface area contributed by atoms with Gasteiger partial charge in [-0.15, -0.1) is 0 Å². The smallest absolute Gasteiger partial charge is 0.318 e. The molecule has 1 aliphatic heterocycles. The molecule has 0 radical (unpaired) electrons. The zero-order chi connectivity index (χ0) is 26.0. The Kier molecular flexibility index (Phi) is 6.98. The average Bonchev–Trinajstić information content (AvgIpc) is 3.38. The van der Waals surface area contributed by atoms with Crippen molar-refractivity contribution in [2.24, 2.45) is 0 Å². The number of benzene rings is 2. The molecule has 0 aliphatic carbocycles. The van der Waals surface area contributed by atoms with Crippen LogP contribution in [0.25, 0.3) is 17.0 Å². The van der Waals surface area contributed by atoms with E-state index in [1.807, 2.05) is 31.1 Å². The quantitative estimate of drug-likeness (QED) is 0.437. The molecule has 10 nitrogen and oxygen atoms in total. The molecule has 0 fully saturated rings. The minimum atomic E-state index is -0.397. The molecular formula is C26H29N5O5. The van der Waals surface area contributed by atoms with E-state index in [1.54, 1.807) is 49.4 Å². The number of H-pyrrole nitrogens is 1. The van der Waals surface area contributed by atoms with Crippen LogP contribution in [0.1, 0.15) is 26.4 Å². The number of hydrogen-bond donors (Lipinski definition) is 3. The maximum absolute atomic E-state index is 13.4. The molecule has 0 unspecified atom stereocenters. The first kappa shape index (κ1) is 24.8. The first-order chi connectivity index (χ1) is 17.2. The number of carbonyl (C=O) groups is 3. The maximum Gasteiger partial charge on any atom is 0.318 e. The lowest BCUT2D eigenvalue weighted by Gasteiger charge is -2.19. The number of urea groups is 1. The summed E-state index contributed by atoms with van der Waals surface area (Å²) < 4.78 is 11.2. The molecule has 3 aromatic rings. The third-order valence-electron chi connectivity index (χ3n) is 5.92. The summed E-state index contributed by atoms with van der Waals surface area (Å²) in [6.45, 7) is 1.23. The van der Waals surface area contributed by atoms with Crippen LogP contribution >= 0.6 is 0 Å². The Balaban J connectivity index is 1.75. The Bertz CT molecular complexity index is 1370. The summed E-state index contributed by atoms with van der Waals surface area (Å²) >= 11 is 0. The molecule has 0 saturated heterocycles. The van der Waals surface area contributed by atoms with Crippen molar-refractivity contribution in [3.8, 4) is 11.5 Å². The number of amides is 3. The monoisotopic (exact) mass is 491 g/mol. The number of carbonyl (C=O) groups excluding carboxylic acids is 3. The van der Waals surface area contributed by atoms with Gasteiger partial charge in [0, 0.05) is 49.3 Å². The Morgan fingerprint density at radius 1 is 1.11 bits per heavy atom. The molecule has 2 heterocycles. The van der Waals surface area contributed by atoms with E-state index >= 15 is 0 Å². The number of nitrogens with zero attached hydrogens (tertiary/aromatic N) is 2. The average molecular weight is 492 g/mol. The van der Waals surface area contributed by atoms with Gasteiger partial charge in [0.25, 0.3) is 5.91 Å². The van der Waals surface area contributed by atoms with E-state index < -0.39 is 6.03 Å². The SMILES string of the molecule is CNC(=O)Nc1ccc2c(c1)C(=O)/C(=C/c1c(C(=O)N(C)CCN(C)C)[nH]c3ccc(OC)cc13)O2. The standard InChI is InChI=1S/C26H29N5O5/c1-27-26(34)28-15-6-9-21-19(12-15)24(32)22(36-21)14-18-17-13-16(35-5)7-8-20(17)29-23(18)25(33)31(4)11-10-30(2)3/h6-9,12-14,29H,10-11H2,1-5H3,(H2,27,28,34)/b22-14-. The Morgan fingerprint density at radius 3 is 2.58 bits per heavy atom. The van der Waals surface area contributed by atoms with E-state index in [0.717, 1.165) is 10.9 Å². The van der Waals surface area contributed by atoms with Gasteiger partial charge in [-0.25, -0.2) is 4.79 Å². The second kappa shape index (κ2) is 10.1. The molecule has 0 saturated carbocycles. The Labute approximate surface area is 208 Å². The highest BCUT2D eigenvalue weighted by molar-refractivity contribution is 6.17. The predicted octanol–water partition coefficient (Wildman–Crippen LogP) is 3.18. The van der Waals surface area contributed by atoms with Crippen molar-refractivity contribution in [2.45, 2.75) is 0 Å². The van der Waals surface area contributed by atoms with E-state index in [2.05, 4.69) is 15.6 Å². The van der Waals surface area contributed by atoms with Gasteiger partial charge in [-0.3, -0.25) is 9.59 Å². The summed E-state index contributed by atoms with van der Waals surface area (Å²) in [5.74, 6) is 0.520. The molecule has 0 atom stereocenters. The fourth-order valence-electron chi connectivity index (χ4n) is 3.87. The molecule has 1 aromatic heterocycles. The number of anilines is 1. The molecule has 3 amide bonds. The number of hydrogen-bond acceptors (Lipinski definition) is 6. The summed E-state index contributed by atoms with van der Waals surface area (Å²) in [7, 11) is 8.70. The summed E-state index contributed by atoms with van der Waals surface area (Å²) in [5.41, 5.74) is 2.39. The Hall–Kier alpha value is -4.31. The first-order valence-corrected chi connectivity index (χ1v) is 11.4. The fraction of sp³-hybridized carbons (Fsp3) is 0.269. The minimum Gasteiger partial charge on any atom is -0.497 e. The van der Waals surface area contributed by atoms with Crippen molar-refractivity contribution in [2.75, 3.05) is 53.7 Å². The number of ether oxygens (including phenoxy) is 2. The fourth-order valence-corrected chi connectivity index (χ4v) is 3.87. The summed E-state index contributed by atoms with van der Waals surface area (Å²) in [5, 5.41) is 5.84. The number of methoxy groups -OCH3 is 1. The lowest BCUT2D eigenvalue weighted by molar-refractivity contribution is 0.0781. The number of fused-ring (bicyclic) bond motifs is 2. The van der Waals surface area contributed by atoms with E-state index in [9.17, 15) is 14.4 Å². The molecule has 10 heteroatoms. The summed E-state index contributed by atoms with van der Waals surface area (Å²) in [4.78, 5) is 45.1. The maximum atomic E-state index is 13.4. The van der Waals surface area contributed by atoms with Crippen molar-refractivity contribution >= 4 is 40.4 Å². The van der Waals surface area contributed by atoms with Gasteiger partial charge in [-0.05, 0) is 56.6 Å². The molecule has 0 spiro atoms. The van der Waals surface area contributed by atoms with Gasteiger partial charge in [-0.1, -0.05) is 0 Å². The number of ketones is 1. The van der Waals surface area contributed by atoms with Crippen LogP contribution < -0.4 is 20.1 Å². The third kappa shape index (κ3) is 4.89. The van der Waals surface area contributed by atoms with Gasteiger partial charge < -0.3 is 34.9 Å². The number of allylic oxidation sites excluding steroid dienone is 1. The van der Waals surface area contributed by atoms with Crippen LogP contribution in [-0.2, 0) is 0 Å². The number of rotatable bonds is 7. The molecule has 36 heavy (non-hydrogen) atoms. The zero-order valence-corrected chi connectivity index (χ0v) is 20.9. The second-order valence-electron chi connectivity index (χ2n) is 8.71. The number of Topliss-reactive ketones (excluding diaryl/α,β-unsaturated/α-hetero) is 1. The van der Waals surface area contributed by atoms with E-state index in [-0.39, 0.29) is 17.4 Å². The Morgan fingerprint density at radius 2 is 1.89 bits per heavy atom. The van der Waals surface area contributed by atoms with Crippen LogP contribution in [0.15, 0.2) is 42.2 Å². The minimum absolute atomic E-state index is 0.0795. The molecule has 0 bridgehead atoms. The molecule has 1 aliphatic rings. The topological polar surface area (TPSA) is 116 Å². The number of nitrogens with one attached hydrogen (secondary N) is 3. The van der Waals surface area contributed by atoms with Crippen molar-refractivity contribution in [1.29, 1.82) is 0 Å². The highest BCUT2D eigenvalue weighted by atomic mass is 16.5. The molecule has 188 valence electrons. The molecular weight excluding hydrogens is 462 g/mol. The summed E-state index contributed by atoms with van der Waals surface area (Å²) in [6, 6.07) is 9.88. The third-order valence-corrected chi connectivity index (χ3v) is 5.92. The van der Waals surface area contributed by atoms with Crippen molar-refractivity contribution in [1.82, 2.24) is 20.1 Å². The van der Waals surface area contributed by atoms with Gasteiger partial charge in [-0.2, -0.15) is 0 Å². The number of likely N-dealkylation sites (N-methyl/N-ethyl adjacent to an activating group) is 2. The highest BCUT2D eigenvalue weighted by Gasteiger charge is 2.30. The van der Waals surface area contributed by atoms with E-state index in [0.29, 0.717) is 47.1 Å². The highest BCUT2D eigenvalue weighted by Crippen LogP contribution is 2.36. The van der Waals surface area contributed by atoms with Crippen molar-refractivity contribution in [3.63, 3.8) is 0 Å². The largest absolute Gasteiger partial charge is 0.497 e. The van der Waals surface area contributed by atoms with Gasteiger partial charge >= 0.3 is 6.03 Å². The lowest BCUT2D eigenvalue weighted by Crippen LogP contribution is -2.34. The molecule has 2 aromatic carbocycles. The molecule has 4 rings (SSSR count). The number of aromatic nitrogens is 1. The van der Waals surface area contributed by atoms with Crippen LogP contribution in [0.5, 0.6) is 11.5 Å². The zero-order valence-electron chi connectivity index (χ0n) is 20.9. The van der Waals surface area contributed by atoms with Gasteiger partial charge in [0.05, 0.1) is 12.7 Å². The van der Waals surface area contributed by atoms with Crippen LogP contribution in [0.3, 0.4) is 0 Å². The lowest BCUT2D eigenvalue weighted by atomic mass is 10.1. The summed E-state index contributed by atoms with van der Waals surface area (Å²) in [6.07, 6.45) is 1.58. The van der Waals surface area contributed by atoms with Gasteiger partial charge in [0.2, 0.25) is 5.78 Å². The second-order valence-corrected chi connectivity index (χ2v) is 8.71. The van der Waals surface area contributed by atoms with Crippen molar-refractivity contribution in [3.05, 3.63) is 59.0 Å². The normalized spacial score (nSPS) is 13.6.